The molecule has 3 aromatic rings. The number of thiazole rings is 1. The average molecular weight is 480 g/mol. The summed E-state index contributed by atoms with van der Waals surface area (Å²) >= 11 is 1.32. The van der Waals surface area contributed by atoms with Crippen LogP contribution in [0.15, 0.2) is 54.2 Å². The first-order valence-electron chi connectivity index (χ1n) is 10.2. The summed E-state index contributed by atoms with van der Waals surface area (Å²) in [6, 6.07) is 10.2. The first-order chi connectivity index (χ1) is 15.8. The minimum Gasteiger partial charge on any atom is -0.335 e. The van der Waals surface area contributed by atoms with E-state index < -0.39 is 10.0 Å². The van der Waals surface area contributed by atoms with Gasteiger partial charge in [-0.2, -0.15) is 9.57 Å². The predicted molar refractivity (Wildman–Crippen MR) is 126 cm³/mol. The van der Waals surface area contributed by atoms with Crippen LogP contribution >= 0.6 is 11.3 Å². The third-order valence-electron chi connectivity index (χ3n) is 5.42. The van der Waals surface area contributed by atoms with Gasteiger partial charge in [-0.3, -0.25) is 9.78 Å². The van der Waals surface area contributed by atoms with Crippen molar-refractivity contribution in [3.63, 3.8) is 0 Å². The Kier molecular flexibility index (Phi) is 6.37. The molecule has 0 radical (unpaired) electrons. The van der Waals surface area contributed by atoms with E-state index in [1.165, 1.54) is 33.9 Å². The van der Waals surface area contributed by atoms with Crippen molar-refractivity contribution in [2.75, 3.05) is 26.2 Å². The minimum atomic E-state index is -3.88. The van der Waals surface area contributed by atoms with Gasteiger partial charge >= 0.3 is 0 Å². The maximum Gasteiger partial charge on any atom is 0.265 e. The van der Waals surface area contributed by atoms with Crippen LogP contribution in [0.1, 0.15) is 26.5 Å². The Balaban J connectivity index is 1.51. The van der Waals surface area contributed by atoms with E-state index in [4.69, 9.17) is 0 Å². The topological polar surface area (TPSA) is 107 Å². The number of pyridine rings is 1. The van der Waals surface area contributed by atoms with Crippen molar-refractivity contribution in [1.29, 1.82) is 5.26 Å². The zero-order valence-corrected chi connectivity index (χ0v) is 19.6. The zero-order valence-electron chi connectivity index (χ0n) is 17.9. The monoisotopic (exact) mass is 479 g/mol. The Morgan fingerprint density at radius 3 is 2.52 bits per heavy atom. The highest BCUT2D eigenvalue weighted by molar-refractivity contribution is 7.89. The molecular formula is C23H21N5O3S2. The smallest absolute Gasteiger partial charge is 0.265 e. The minimum absolute atomic E-state index is 0.0394. The largest absolute Gasteiger partial charge is 0.335 e. The van der Waals surface area contributed by atoms with Gasteiger partial charge < -0.3 is 4.90 Å². The number of piperazine rings is 1. The normalized spacial score (nSPS) is 14.6. The Hall–Kier alpha value is -3.39. The number of amides is 1. The zero-order chi connectivity index (χ0) is 23.6. The Morgan fingerprint density at radius 1 is 1.18 bits per heavy atom. The van der Waals surface area contributed by atoms with Crippen LogP contribution in [0.5, 0.6) is 0 Å². The third-order valence-corrected chi connectivity index (χ3v) is 8.56. The molecule has 1 amide bonds. The molecule has 10 heteroatoms. The van der Waals surface area contributed by atoms with Crippen molar-refractivity contribution in [2.24, 2.45) is 0 Å². The molecule has 1 aromatic carbocycles. The molecule has 0 atom stereocenters. The number of nitriles is 1. The highest BCUT2D eigenvalue weighted by Crippen LogP contribution is 2.29. The van der Waals surface area contributed by atoms with E-state index in [-0.39, 0.29) is 42.5 Å². The molecule has 1 saturated heterocycles. The maximum atomic E-state index is 13.2. The van der Waals surface area contributed by atoms with E-state index in [1.807, 2.05) is 18.2 Å². The molecule has 8 nitrogen and oxygen atoms in total. The van der Waals surface area contributed by atoms with Gasteiger partial charge in [-0.15, -0.1) is 11.3 Å². The predicted octanol–water partition coefficient (Wildman–Crippen LogP) is 3.17. The van der Waals surface area contributed by atoms with Crippen LogP contribution < -0.4 is 0 Å². The Morgan fingerprint density at radius 2 is 1.88 bits per heavy atom. The molecule has 1 fully saturated rings. The van der Waals surface area contributed by atoms with E-state index in [0.717, 1.165) is 10.6 Å². The third kappa shape index (κ3) is 4.43. The number of benzene rings is 1. The van der Waals surface area contributed by atoms with Gasteiger partial charge in [-0.25, -0.2) is 13.4 Å². The lowest BCUT2D eigenvalue weighted by Crippen LogP contribution is -2.50. The highest BCUT2D eigenvalue weighted by atomic mass is 32.2. The number of hydrogen-bond acceptors (Lipinski definition) is 7. The second-order valence-electron chi connectivity index (χ2n) is 7.44. The number of sulfonamides is 1. The molecule has 0 saturated carbocycles. The number of nitrogens with zero attached hydrogens (tertiary/aromatic N) is 5. The first-order valence-corrected chi connectivity index (χ1v) is 12.4. The van der Waals surface area contributed by atoms with Gasteiger partial charge in [0, 0.05) is 44.1 Å². The van der Waals surface area contributed by atoms with Gasteiger partial charge in [0.05, 0.1) is 11.3 Å². The standard InChI is InChI=1S/C23H21N5O3S2/c1-3-17-4-5-19(15-24)20(14-17)33(30,31)28-12-10-27(11-13-28)23(29)21-16(2)26-22(32-21)18-6-8-25-9-7-18/h3-9,14H,1,10-13H2,2H3. The summed E-state index contributed by atoms with van der Waals surface area (Å²) in [5.41, 5.74) is 2.24. The van der Waals surface area contributed by atoms with Gasteiger partial charge in [0.2, 0.25) is 10.0 Å². The summed E-state index contributed by atoms with van der Waals surface area (Å²) in [4.78, 5) is 23.8. The van der Waals surface area contributed by atoms with E-state index in [1.54, 1.807) is 30.3 Å². The van der Waals surface area contributed by atoms with Crippen molar-refractivity contribution in [1.82, 2.24) is 19.2 Å². The van der Waals surface area contributed by atoms with E-state index >= 15 is 0 Å². The fourth-order valence-electron chi connectivity index (χ4n) is 3.60. The number of hydrogen-bond donors (Lipinski definition) is 0. The molecule has 0 bridgehead atoms. The highest BCUT2D eigenvalue weighted by Gasteiger charge is 2.33. The Bertz CT molecular complexity index is 1350. The van der Waals surface area contributed by atoms with Gasteiger partial charge in [0.1, 0.15) is 20.8 Å². The van der Waals surface area contributed by atoms with Crippen molar-refractivity contribution in [3.05, 3.63) is 71.0 Å². The van der Waals surface area contributed by atoms with Crippen LogP contribution in [-0.2, 0) is 10.0 Å². The molecule has 0 N–H and O–H groups in total. The molecule has 168 valence electrons. The summed E-state index contributed by atoms with van der Waals surface area (Å²) in [5, 5.41) is 10.1. The molecular weight excluding hydrogens is 458 g/mol. The lowest BCUT2D eigenvalue weighted by molar-refractivity contribution is 0.0702. The van der Waals surface area contributed by atoms with Gasteiger partial charge in [-0.1, -0.05) is 18.7 Å². The molecule has 0 aliphatic carbocycles. The molecule has 0 unspecified atom stereocenters. The molecule has 1 aliphatic rings. The summed E-state index contributed by atoms with van der Waals surface area (Å²) in [6.07, 6.45) is 4.89. The molecule has 2 aromatic heterocycles. The quantitative estimate of drug-likeness (QED) is 0.556. The summed E-state index contributed by atoms with van der Waals surface area (Å²) in [7, 11) is -3.88. The second-order valence-corrected chi connectivity index (χ2v) is 10.3. The van der Waals surface area contributed by atoms with Crippen molar-refractivity contribution in [3.8, 4) is 16.6 Å². The van der Waals surface area contributed by atoms with Crippen LogP contribution in [0.3, 0.4) is 0 Å². The van der Waals surface area contributed by atoms with Crippen molar-refractivity contribution < 1.29 is 13.2 Å². The van der Waals surface area contributed by atoms with Gasteiger partial charge in [0.25, 0.3) is 5.91 Å². The average Bonchev–Trinajstić information content (AvgIpc) is 3.25. The number of aryl methyl sites for hydroxylation is 1. The molecule has 33 heavy (non-hydrogen) atoms. The van der Waals surface area contributed by atoms with E-state index in [9.17, 15) is 18.5 Å². The van der Waals surface area contributed by atoms with Crippen LogP contribution in [0.4, 0.5) is 0 Å². The summed E-state index contributed by atoms with van der Waals surface area (Å²) in [5.74, 6) is -0.159. The number of rotatable bonds is 5. The number of carbonyl (C=O) groups excluding carboxylic acids is 1. The van der Waals surface area contributed by atoms with Gasteiger partial charge in [0.15, 0.2) is 0 Å². The maximum absolute atomic E-state index is 13.2. The molecule has 3 heterocycles. The fraction of sp³-hybridized carbons (Fsp3) is 0.217. The number of carbonyl (C=O) groups is 1. The van der Waals surface area contributed by atoms with Gasteiger partial charge in [-0.05, 0) is 36.8 Å². The Labute approximate surface area is 196 Å². The lowest BCUT2D eigenvalue weighted by atomic mass is 10.1. The molecule has 0 spiro atoms. The van der Waals surface area contributed by atoms with Crippen LogP contribution in [0.25, 0.3) is 16.6 Å². The summed E-state index contributed by atoms with van der Waals surface area (Å²) in [6.45, 7) is 6.26. The first kappa shape index (κ1) is 22.8. The number of aromatic nitrogens is 2. The van der Waals surface area contributed by atoms with E-state index in [2.05, 4.69) is 16.5 Å². The van der Waals surface area contributed by atoms with Crippen LogP contribution in [-0.4, -0.2) is 59.7 Å². The van der Waals surface area contributed by atoms with Crippen molar-refractivity contribution >= 4 is 33.3 Å². The fourth-order valence-corrected chi connectivity index (χ4v) is 6.24. The molecule has 1 aliphatic heterocycles. The lowest BCUT2D eigenvalue weighted by Gasteiger charge is -2.34. The second kappa shape index (κ2) is 9.23. The van der Waals surface area contributed by atoms with E-state index in [0.29, 0.717) is 16.1 Å². The SMILES string of the molecule is C=Cc1ccc(C#N)c(S(=O)(=O)N2CCN(C(=O)c3sc(-c4ccncc4)nc3C)CC2)c1. The van der Waals surface area contributed by atoms with Crippen molar-refractivity contribution in [2.45, 2.75) is 11.8 Å². The molecule has 4 rings (SSSR count). The van der Waals surface area contributed by atoms with Crippen LogP contribution in [0, 0.1) is 18.3 Å². The van der Waals surface area contributed by atoms with Crippen LogP contribution in [0.2, 0.25) is 0 Å². The summed E-state index contributed by atoms with van der Waals surface area (Å²) < 4.78 is 27.8.